The Morgan fingerprint density at radius 3 is 1.22 bits per heavy atom. The summed E-state index contributed by atoms with van der Waals surface area (Å²) in [6.07, 6.45) is -1.42. The topological polar surface area (TPSA) is 124 Å². The molecule has 172 valence electrons. The third kappa shape index (κ3) is 2.08. The molecule has 1 saturated carbocycles. The molecule has 32 heavy (non-hydrogen) atoms. The first-order valence-electron chi connectivity index (χ1n) is 10.3. The Hall–Kier alpha value is -2.72. The second-order valence-corrected chi connectivity index (χ2v) is 9.04. The smallest absolute Gasteiger partial charge is 0.337 e. The third-order valence-electron chi connectivity index (χ3n) is 8.07. The molecular formula is C22H24O10. The predicted octanol–water partition coefficient (Wildman–Crippen LogP) is 0.0922. The first-order chi connectivity index (χ1) is 15.1. The standard InChI is InChI=1S/C22H24O10/c1-21-11-7(15(31-21)9(17(23)27-3)13(21)19(25)29-5)8-12(11)22(2)14(20(26)30-6)10(16(8)32-22)18(24)28-4/h7-8,11-12,15-16H,1-6H3/t7-,8-,11-,12-,15-,16-,21+,22+/m1/s1. The second kappa shape index (κ2) is 6.41. The number of fused-ring (bicyclic) bond motifs is 12. The number of esters is 4. The highest BCUT2D eigenvalue weighted by atomic mass is 16.6. The van der Waals surface area contributed by atoms with E-state index in [2.05, 4.69) is 0 Å². The van der Waals surface area contributed by atoms with Crippen LogP contribution in [-0.2, 0) is 47.6 Å². The Balaban J connectivity index is 1.65. The Kier molecular flexibility index (Phi) is 4.24. The van der Waals surface area contributed by atoms with Gasteiger partial charge in [-0.05, 0) is 13.8 Å². The molecule has 5 rings (SSSR count). The Bertz CT molecular complexity index is 957. The van der Waals surface area contributed by atoms with Gasteiger partial charge >= 0.3 is 23.9 Å². The summed E-state index contributed by atoms with van der Waals surface area (Å²) in [5, 5.41) is 0. The number of methoxy groups -OCH3 is 4. The zero-order valence-electron chi connectivity index (χ0n) is 18.5. The van der Waals surface area contributed by atoms with Crippen LogP contribution in [0.4, 0.5) is 0 Å². The van der Waals surface area contributed by atoms with Crippen molar-refractivity contribution >= 4 is 23.9 Å². The molecule has 10 heteroatoms. The Morgan fingerprint density at radius 2 is 0.938 bits per heavy atom. The largest absolute Gasteiger partial charge is 0.466 e. The maximum absolute atomic E-state index is 12.7. The van der Waals surface area contributed by atoms with Crippen molar-refractivity contribution in [3.63, 3.8) is 0 Å². The zero-order chi connectivity index (χ0) is 23.3. The van der Waals surface area contributed by atoms with Crippen LogP contribution in [0.2, 0.25) is 0 Å². The molecule has 2 saturated heterocycles. The molecule has 0 unspecified atom stereocenters. The summed E-state index contributed by atoms with van der Waals surface area (Å²) in [7, 11) is 4.96. The number of hydrogen-bond acceptors (Lipinski definition) is 10. The molecule has 4 heterocycles. The molecule has 0 amide bonds. The first-order valence-corrected chi connectivity index (χ1v) is 10.3. The molecule has 4 aliphatic heterocycles. The van der Waals surface area contributed by atoms with Gasteiger partial charge in [0.05, 0.1) is 62.9 Å². The molecular weight excluding hydrogens is 424 g/mol. The molecule has 0 aromatic rings. The Labute approximate surface area is 183 Å². The van der Waals surface area contributed by atoms with E-state index in [0.29, 0.717) is 0 Å². The highest BCUT2D eigenvalue weighted by molar-refractivity contribution is 6.06. The van der Waals surface area contributed by atoms with Crippen LogP contribution in [0.3, 0.4) is 0 Å². The van der Waals surface area contributed by atoms with Crippen LogP contribution >= 0.6 is 0 Å². The highest BCUT2D eigenvalue weighted by Crippen LogP contribution is 2.76. The summed E-state index contributed by atoms with van der Waals surface area (Å²) in [5.41, 5.74) is -1.69. The lowest BCUT2D eigenvalue weighted by Gasteiger charge is -2.57. The van der Waals surface area contributed by atoms with Gasteiger partial charge in [-0.25, -0.2) is 19.2 Å². The number of hydrogen-bond donors (Lipinski definition) is 0. The van der Waals surface area contributed by atoms with Crippen LogP contribution in [-0.4, -0.2) is 75.7 Å². The lowest BCUT2D eigenvalue weighted by molar-refractivity contribution is -0.145. The molecule has 0 spiro atoms. The minimum Gasteiger partial charge on any atom is -0.466 e. The van der Waals surface area contributed by atoms with Crippen molar-refractivity contribution in [2.75, 3.05) is 28.4 Å². The lowest BCUT2D eigenvalue weighted by atomic mass is 9.42. The summed E-state index contributed by atoms with van der Waals surface area (Å²) in [6, 6.07) is 0. The quantitative estimate of drug-likeness (QED) is 0.432. The van der Waals surface area contributed by atoms with Gasteiger partial charge in [0.25, 0.3) is 0 Å². The van der Waals surface area contributed by atoms with Gasteiger partial charge in [-0.3, -0.25) is 0 Å². The average molecular weight is 448 g/mol. The first kappa shape index (κ1) is 21.1. The zero-order valence-corrected chi connectivity index (χ0v) is 18.5. The van der Waals surface area contributed by atoms with Gasteiger partial charge in [-0.1, -0.05) is 0 Å². The molecule has 8 atom stereocenters. The average Bonchev–Trinajstić information content (AvgIpc) is 3.37. The van der Waals surface area contributed by atoms with Gasteiger partial charge in [0, 0.05) is 23.7 Å². The van der Waals surface area contributed by atoms with Gasteiger partial charge < -0.3 is 28.4 Å². The van der Waals surface area contributed by atoms with Crippen molar-refractivity contribution < 1.29 is 47.6 Å². The van der Waals surface area contributed by atoms with E-state index in [4.69, 9.17) is 28.4 Å². The van der Waals surface area contributed by atoms with Crippen LogP contribution in [0.5, 0.6) is 0 Å². The third-order valence-corrected chi connectivity index (χ3v) is 8.07. The lowest BCUT2D eigenvalue weighted by Crippen LogP contribution is -2.64. The van der Waals surface area contributed by atoms with Crippen molar-refractivity contribution in [2.24, 2.45) is 23.7 Å². The van der Waals surface area contributed by atoms with Crippen LogP contribution in [0.25, 0.3) is 0 Å². The molecule has 3 fully saturated rings. The van der Waals surface area contributed by atoms with E-state index in [1.54, 1.807) is 13.8 Å². The fourth-order valence-electron chi connectivity index (χ4n) is 7.11. The summed E-state index contributed by atoms with van der Waals surface area (Å²) < 4.78 is 32.4. The van der Waals surface area contributed by atoms with Gasteiger partial charge in [0.15, 0.2) is 0 Å². The van der Waals surface area contributed by atoms with Gasteiger partial charge in [0.2, 0.25) is 0 Å². The fourth-order valence-corrected chi connectivity index (χ4v) is 7.11. The van der Waals surface area contributed by atoms with E-state index < -0.39 is 47.3 Å². The maximum atomic E-state index is 12.7. The molecule has 4 bridgehead atoms. The second-order valence-electron chi connectivity index (χ2n) is 9.04. The van der Waals surface area contributed by atoms with Crippen LogP contribution < -0.4 is 0 Å². The molecule has 0 radical (unpaired) electrons. The molecule has 0 N–H and O–H groups in total. The van der Waals surface area contributed by atoms with Gasteiger partial charge in [-0.15, -0.1) is 0 Å². The summed E-state index contributed by atoms with van der Waals surface area (Å²) in [5.74, 6) is -3.54. The van der Waals surface area contributed by atoms with E-state index in [-0.39, 0.29) is 46.0 Å². The molecule has 5 aliphatic rings. The predicted molar refractivity (Wildman–Crippen MR) is 103 cm³/mol. The summed E-state index contributed by atoms with van der Waals surface area (Å²) >= 11 is 0. The van der Waals surface area contributed by atoms with E-state index in [1.165, 1.54) is 28.4 Å². The molecule has 0 aromatic carbocycles. The normalized spacial score (nSPS) is 42.3. The minimum atomic E-state index is -1.13. The minimum absolute atomic E-state index is 0.139. The van der Waals surface area contributed by atoms with Gasteiger partial charge in [0.1, 0.15) is 11.2 Å². The van der Waals surface area contributed by atoms with E-state index in [1.807, 2.05) is 0 Å². The van der Waals surface area contributed by atoms with E-state index in [0.717, 1.165) is 0 Å². The van der Waals surface area contributed by atoms with E-state index >= 15 is 0 Å². The maximum Gasteiger partial charge on any atom is 0.337 e. The number of carbonyl (C=O) groups excluding carboxylic acids is 4. The van der Waals surface area contributed by atoms with Gasteiger partial charge in [-0.2, -0.15) is 0 Å². The van der Waals surface area contributed by atoms with Crippen LogP contribution in [0, 0.1) is 23.7 Å². The number of ether oxygens (including phenoxy) is 6. The summed E-state index contributed by atoms with van der Waals surface area (Å²) in [6.45, 7) is 3.50. The van der Waals surface area contributed by atoms with E-state index in [9.17, 15) is 19.2 Å². The van der Waals surface area contributed by atoms with Crippen molar-refractivity contribution in [1.29, 1.82) is 0 Å². The number of carbonyl (C=O) groups is 4. The highest BCUT2D eigenvalue weighted by Gasteiger charge is 2.83. The monoisotopic (exact) mass is 448 g/mol. The van der Waals surface area contributed by atoms with Crippen molar-refractivity contribution in [1.82, 2.24) is 0 Å². The molecule has 1 aliphatic carbocycles. The van der Waals surface area contributed by atoms with Crippen molar-refractivity contribution in [2.45, 2.75) is 37.3 Å². The van der Waals surface area contributed by atoms with Crippen molar-refractivity contribution in [3.8, 4) is 0 Å². The Morgan fingerprint density at radius 1 is 0.625 bits per heavy atom. The molecule has 0 aromatic heterocycles. The SMILES string of the molecule is COC(=O)C1=C(C(=O)OC)[C@@]2(C)O[C@@H]1[C@@H]1[C@@H]3[C@H]([C@@H]12)[C@]1(C)O[C@H]3C(C(=O)OC)=C1C(=O)OC. The van der Waals surface area contributed by atoms with Crippen LogP contribution in [0.1, 0.15) is 13.8 Å². The van der Waals surface area contributed by atoms with Crippen molar-refractivity contribution in [3.05, 3.63) is 22.3 Å². The number of rotatable bonds is 4. The summed E-state index contributed by atoms with van der Waals surface area (Å²) in [4.78, 5) is 50.7. The fraction of sp³-hybridized carbons (Fsp3) is 0.636. The van der Waals surface area contributed by atoms with Crippen LogP contribution in [0.15, 0.2) is 22.3 Å². The molecule has 10 nitrogen and oxygen atoms in total.